The van der Waals surface area contributed by atoms with Crippen molar-refractivity contribution >= 4 is 17.3 Å². The molecule has 1 aromatic heterocycles. The predicted octanol–water partition coefficient (Wildman–Crippen LogP) is 2.92. The van der Waals surface area contributed by atoms with E-state index in [-0.39, 0.29) is 5.91 Å². The molecule has 1 fully saturated rings. The van der Waals surface area contributed by atoms with Crippen LogP contribution in [0.4, 0.5) is 11.4 Å². The van der Waals surface area contributed by atoms with E-state index in [0.717, 1.165) is 56.3 Å². The van der Waals surface area contributed by atoms with Gasteiger partial charge in [0, 0.05) is 32.3 Å². The molecule has 0 saturated carbocycles. The lowest BCUT2D eigenvalue weighted by Crippen LogP contribution is -2.44. The third-order valence-corrected chi connectivity index (χ3v) is 5.33. The number of aromatic nitrogens is 1. The van der Waals surface area contributed by atoms with Gasteiger partial charge in [-0.15, -0.1) is 0 Å². The third kappa shape index (κ3) is 3.73. The molecule has 136 valence electrons. The monoisotopic (exact) mass is 350 g/mol. The van der Waals surface area contributed by atoms with Crippen molar-refractivity contribution in [1.82, 2.24) is 9.88 Å². The first kappa shape index (κ1) is 17.0. The van der Waals surface area contributed by atoms with Crippen molar-refractivity contribution in [2.75, 3.05) is 42.5 Å². The maximum atomic E-state index is 12.9. The minimum Gasteiger partial charge on any atom is -0.362 e. The van der Waals surface area contributed by atoms with Crippen LogP contribution < -0.4 is 9.80 Å². The van der Waals surface area contributed by atoms with Crippen molar-refractivity contribution in [1.29, 1.82) is 0 Å². The van der Waals surface area contributed by atoms with Crippen LogP contribution in [0.3, 0.4) is 0 Å². The fraction of sp³-hybridized carbons (Fsp3) is 0.429. The summed E-state index contributed by atoms with van der Waals surface area (Å²) in [4.78, 5) is 24.0. The third-order valence-electron chi connectivity index (χ3n) is 5.33. The molecular formula is C21H26N4O. The van der Waals surface area contributed by atoms with Crippen LogP contribution in [-0.4, -0.2) is 48.5 Å². The summed E-state index contributed by atoms with van der Waals surface area (Å²) in [6.07, 6.45) is 4.97. The predicted molar refractivity (Wildman–Crippen MR) is 104 cm³/mol. The summed E-state index contributed by atoms with van der Waals surface area (Å²) < 4.78 is 0. The van der Waals surface area contributed by atoms with E-state index in [2.05, 4.69) is 33.0 Å². The van der Waals surface area contributed by atoms with Crippen LogP contribution in [0, 0.1) is 0 Å². The average molecular weight is 350 g/mol. The molecule has 5 heteroatoms. The summed E-state index contributed by atoms with van der Waals surface area (Å²) in [5.74, 6) is 0.238. The maximum absolute atomic E-state index is 12.9. The largest absolute Gasteiger partial charge is 0.362 e. The number of amides is 1. The van der Waals surface area contributed by atoms with Crippen molar-refractivity contribution in [2.45, 2.75) is 25.8 Å². The molecule has 2 aliphatic rings. The van der Waals surface area contributed by atoms with Crippen LogP contribution in [-0.2, 0) is 11.3 Å². The summed E-state index contributed by atoms with van der Waals surface area (Å²) in [5, 5.41) is 0. The highest BCUT2D eigenvalue weighted by molar-refractivity contribution is 5.97. The van der Waals surface area contributed by atoms with Crippen molar-refractivity contribution < 1.29 is 4.79 Å². The number of hydrogen-bond acceptors (Lipinski definition) is 4. The molecule has 0 N–H and O–H groups in total. The number of para-hydroxylation sites is 2. The first-order valence-corrected chi connectivity index (χ1v) is 9.58. The lowest BCUT2D eigenvalue weighted by atomic mass is 10.1. The average Bonchev–Trinajstić information content (AvgIpc) is 3.21. The van der Waals surface area contributed by atoms with Crippen LogP contribution >= 0.6 is 0 Å². The second-order valence-corrected chi connectivity index (χ2v) is 7.08. The molecule has 1 aromatic carbocycles. The standard InChI is InChI=1S/C21H26N4O/c26-21(10-14-23-12-5-6-13-23)25-16-15-24(17-18-7-3-4-11-22-18)19-8-1-2-9-20(19)25/h1-4,7-9,11H,5-6,10,12-17H2. The Kier molecular flexibility index (Phi) is 5.16. The van der Waals surface area contributed by atoms with Crippen LogP contribution in [0.15, 0.2) is 48.7 Å². The fourth-order valence-corrected chi connectivity index (χ4v) is 3.93. The molecule has 0 unspecified atom stereocenters. The van der Waals surface area contributed by atoms with Gasteiger partial charge in [0.05, 0.1) is 23.6 Å². The Morgan fingerprint density at radius 1 is 0.923 bits per heavy atom. The first-order valence-electron chi connectivity index (χ1n) is 9.58. The van der Waals surface area contributed by atoms with Crippen LogP contribution in [0.2, 0.25) is 0 Å². The van der Waals surface area contributed by atoms with E-state index in [0.29, 0.717) is 6.42 Å². The summed E-state index contributed by atoms with van der Waals surface area (Å²) >= 11 is 0. The Hall–Kier alpha value is -2.40. The van der Waals surface area contributed by atoms with Gasteiger partial charge in [-0.1, -0.05) is 18.2 Å². The van der Waals surface area contributed by atoms with Gasteiger partial charge in [-0.05, 0) is 50.2 Å². The minimum absolute atomic E-state index is 0.238. The summed E-state index contributed by atoms with van der Waals surface area (Å²) in [6.45, 7) is 5.51. The highest BCUT2D eigenvalue weighted by Gasteiger charge is 2.27. The van der Waals surface area contributed by atoms with Crippen LogP contribution in [0.25, 0.3) is 0 Å². The molecular weight excluding hydrogens is 324 g/mol. The van der Waals surface area contributed by atoms with Crippen molar-refractivity contribution in [3.63, 3.8) is 0 Å². The highest BCUT2D eigenvalue weighted by atomic mass is 16.2. The van der Waals surface area contributed by atoms with Crippen molar-refractivity contribution in [2.24, 2.45) is 0 Å². The number of anilines is 2. The number of nitrogens with zero attached hydrogens (tertiary/aromatic N) is 4. The Balaban J connectivity index is 1.47. The molecule has 0 aliphatic carbocycles. The Bertz CT molecular complexity index is 743. The summed E-state index contributed by atoms with van der Waals surface area (Å²) in [5.41, 5.74) is 3.20. The number of benzene rings is 1. The van der Waals surface area contributed by atoms with E-state index in [1.165, 1.54) is 12.8 Å². The number of pyridine rings is 1. The SMILES string of the molecule is O=C(CCN1CCCC1)N1CCN(Cc2ccccn2)c2ccccc21. The van der Waals surface area contributed by atoms with Gasteiger partial charge in [0.25, 0.3) is 0 Å². The molecule has 26 heavy (non-hydrogen) atoms. The summed E-state index contributed by atoms with van der Waals surface area (Å²) in [7, 11) is 0. The van der Waals surface area contributed by atoms with E-state index in [1.807, 2.05) is 35.4 Å². The van der Waals surface area contributed by atoms with Crippen molar-refractivity contribution in [3.05, 3.63) is 54.4 Å². The summed E-state index contributed by atoms with van der Waals surface area (Å²) in [6, 6.07) is 14.2. The van der Waals surface area contributed by atoms with E-state index >= 15 is 0 Å². The van der Waals surface area contributed by atoms with E-state index in [9.17, 15) is 4.79 Å². The highest BCUT2D eigenvalue weighted by Crippen LogP contribution is 2.34. The van der Waals surface area contributed by atoms with Crippen molar-refractivity contribution in [3.8, 4) is 0 Å². The van der Waals surface area contributed by atoms with Crippen LogP contribution in [0.1, 0.15) is 25.0 Å². The van der Waals surface area contributed by atoms with Crippen LogP contribution in [0.5, 0.6) is 0 Å². The number of rotatable bonds is 5. The van der Waals surface area contributed by atoms with Gasteiger partial charge in [-0.25, -0.2) is 0 Å². The lowest BCUT2D eigenvalue weighted by molar-refractivity contribution is -0.118. The van der Waals surface area contributed by atoms with Gasteiger partial charge in [-0.2, -0.15) is 0 Å². The van der Waals surface area contributed by atoms with Gasteiger partial charge in [0.1, 0.15) is 0 Å². The first-order chi connectivity index (χ1) is 12.8. The lowest BCUT2D eigenvalue weighted by Gasteiger charge is -2.38. The molecule has 1 amide bonds. The Morgan fingerprint density at radius 3 is 2.46 bits per heavy atom. The zero-order valence-electron chi connectivity index (χ0n) is 15.2. The molecule has 4 rings (SSSR count). The minimum atomic E-state index is 0.238. The van der Waals surface area contributed by atoms with E-state index in [4.69, 9.17) is 0 Å². The van der Waals surface area contributed by atoms with Gasteiger partial charge in [-0.3, -0.25) is 9.78 Å². The number of fused-ring (bicyclic) bond motifs is 1. The molecule has 0 bridgehead atoms. The molecule has 0 atom stereocenters. The van der Waals surface area contributed by atoms with Gasteiger partial charge < -0.3 is 14.7 Å². The number of carbonyl (C=O) groups excluding carboxylic acids is 1. The Labute approximate surface area is 155 Å². The smallest absolute Gasteiger partial charge is 0.228 e. The van der Waals surface area contributed by atoms with E-state index < -0.39 is 0 Å². The second kappa shape index (κ2) is 7.87. The van der Waals surface area contributed by atoms with Gasteiger partial charge >= 0.3 is 0 Å². The molecule has 2 aromatic rings. The number of hydrogen-bond donors (Lipinski definition) is 0. The maximum Gasteiger partial charge on any atom is 0.228 e. The molecule has 1 saturated heterocycles. The fourth-order valence-electron chi connectivity index (χ4n) is 3.93. The number of carbonyl (C=O) groups is 1. The zero-order valence-corrected chi connectivity index (χ0v) is 15.2. The Morgan fingerprint density at radius 2 is 1.69 bits per heavy atom. The zero-order chi connectivity index (χ0) is 17.8. The molecule has 5 nitrogen and oxygen atoms in total. The van der Waals surface area contributed by atoms with Gasteiger partial charge in [0.2, 0.25) is 5.91 Å². The molecule has 3 heterocycles. The van der Waals surface area contributed by atoms with E-state index in [1.54, 1.807) is 0 Å². The normalized spacial score (nSPS) is 17.4. The topological polar surface area (TPSA) is 39.7 Å². The number of likely N-dealkylation sites (tertiary alicyclic amines) is 1. The second-order valence-electron chi connectivity index (χ2n) is 7.08. The quantitative estimate of drug-likeness (QED) is 0.831. The molecule has 0 spiro atoms. The molecule has 0 radical (unpaired) electrons. The molecule has 2 aliphatic heterocycles. The van der Waals surface area contributed by atoms with Gasteiger partial charge in [0.15, 0.2) is 0 Å².